The molecule has 0 spiro atoms. The van der Waals surface area contributed by atoms with Crippen molar-refractivity contribution >= 4 is 21.7 Å². The zero-order chi connectivity index (χ0) is 15.3. The topological polar surface area (TPSA) is 80.8 Å². The first-order chi connectivity index (χ1) is 9.32. The first kappa shape index (κ1) is 16.9. The summed E-state index contributed by atoms with van der Waals surface area (Å²) in [5, 5.41) is 0. The molecule has 20 heavy (non-hydrogen) atoms. The Bertz CT molecular complexity index is 459. The van der Waals surface area contributed by atoms with Gasteiger partial charge in [0, 0.05) is 6.54 Å². The molecule has 2 atom stereocenters. The van der Waals surface area contributed by atoms with E-state index in [-0.39, 0.29) is 24.0 Å². The minimum atomic E-state index is -3.11. The second kappa shape index (κ2) is 7.06. The van der Waals surface area contributed by atoms with Crippen LogP contribution in [-0.4, -0.2) is 55.9 Å². The van der Waals surface area contributed by atoms with Crippen LogP contribution in [0.1, 0.15) is 33.6 Å². The van der Waals surface area contributed by atoms with Crippen LogP contribution in [0.4, 0.5) is 0 Å². The average molecular weight is 305 g/mol. The molecule has 1 aliphatic heterocycles. The van der Waals surface area contributed by atoms with E-state index >= 15 is 0 Å². The molecule has 116 valence electrons. The minimum absolute atomic E-state index is 0.0527. The maximum Gasteiger partial charge on any atom is 0.328 e. The third kappa shape index (κ3) is 4.19. The van der Waals surface area contributed by atoms with Crippen molar-refractivity contribution in [3.05, 3.63) is 0 Å². The molecule has 0 aromatic rings. The molecular weight excluding hydrogens is 282 g/mol. The summed E-state index contributed by atoms with van der Waals surface area (Å²) in [6, 6.07) is -0.675. The molecule has 6 nitrogen and oxygen atoms in total. The smallest absolute Gasteiger partial charge is 0.328 e. The van der Waals surface area contributed by atoms with Gasteiger partial charge in [0.25, 0.3) is 0 Å². The molecule has 0 N–H and O–H groups in total. The summed E-state index contributed by atoms with van der Waals surface area (Å²) in [7, 11) is -3.11. The van der Waals surface area contributed by atoms with Crippen molar-refractivity contribution < 1.29 is 22.7 Å². The largest absolute Gasteiger partial charge is 0.464 e. The second-order valence-corrected chi connectivity index (χ2v) is 7.29. The Balaban J connectivity index is 2.80. The van der Waals surface area contributed by atoms with Crippen LogP contribution in [-0.2, 0) is 24.2 Å². The minimum Gasteiger partial charge on any atom is -0.464 e. The van der Waals surface area contributed by atoms with Gasteiger partial charge in [-0.1, -0.05) is 6.92 Å². The SMILES string of the molecule is CCCN(C(=O)C1CCS(=O)(=O)C1)C(C)C(=O)OCC. The van der Waals surface area contributed by atoms with Gasteiger partial charge in [-0.25, -0.2) is 13.2 Å². The van der Waals surface area contributed by atoms with Gasteiger partial charge in [0.2, 0.25) is 5.91 Å². The summed E-state index contributed by atoms with van der Waals surface area (Å²) >= 11 is 0. The van der Waals surface area contributed by atoms with Crippen LogP contribution in [0.2, 0.25) is 0 Å². The normalized spacial score (nSPS) is 22.2. The van der Waals surface area contributed by atoms with Crippen LogP contribution in [0.25, 0.3) is 0 Å². The van der Waals surface area contributed by atoms with E-state index in [2.05, 4.69) is 0 Å². The molecule has 0 bridgehead atoms. The highest BCUT2D eigenvalue weighted by atomic mass is 32.2. The van der Waals surface area contributed by atoms with E-state index in [0.29, 0.717) is 19.4 Å². The number of rotatable bonds is 6. The fourth-order valence-corrected chi connectivity index (χ4v) is 4.08. The van der Waals surface area contributed by atoms with Crippen LogP contribution < -0.4 is 0 Å². The molecule has 1 saturated heterocycles. The summed E-state index contributed by atoms with van der Waals surface area (Å²) < 4.78 is 27.9. The molecule has 0 saturated carbocycles. The van der Waals surface area contributed by atoms with Crippen LogP contribution in [0, 0.1) is 5.92 Å². The monoisotopic (exact) mass is 305 g/mol. The van der Waals surface area contributed by atoms with Gasteiger partial charge < -0.3 is 9.64 Å². The summed E-state index contributed by atoms with van der Waals surface area (Å²) in [6.07, 6.45) is 1.05. The molecule has 1 fully saturated rings. The molecule has 7 heteroatoms. The zero-order valence-electron chi connectivity index (χ0n) is 12.3. The fourth-order valence-electron chi connectivity index (χ4n) is 2.35. The molecule has 2 unspecified atom stereocenters. The molecule has 0 radical (unpaired) electrons. The summed E-state index contributed by atoms with van der Waals surface area (Å²) in [5.74, 6) is -1.29. The summed E-state index contributed by atoms with van der Waals surface area (Å²) in [5.41, 5.74) is 0. The van der Waals surface area contributed by atoms with Crippen molar-refractivity contribution in [1.29, 1.82) is 0 Å². The number of nitrogens with zero attached hydrogens (tertiary/aromatic N) is 1. The lowest BCUT2D eigenvalue weighted by molar-refractivity contribution is -0.155. The Morgan fingerprint density at radius 2 is 2.00 bits per heavy atom. The van der Waals surface area contributed by atoms with Crippen molar-refractivity contribution in [1.82, 2.24) is 4.90 Å². The van der Waals surface area contributed by atoms with Gasteiger partial charge in [0.05, 0.1) is 24.0 Å². The van der Waals surface area contributed by atoms with Crippen molar-refractivity contribution in [2.75, 3.05) is 24.7 Å². The van der Waals surface area contributed by atoms with Crippen LogP contribution in [0.15, 0.2) is 0 Å². The van der Waals surface area contributed by atoms with E-state index in [4.69, 9.17) is 4.74 Å². The van der Waals surface area contributed by atoms with Gasteiger partial charge in [-0.2, -0.15) is 0 Å². The van der Waals surface area contributed by atoms with Gasteiger partial charge in [-0.3, -0.25) is 4.79 Å². The molecular formula is C13H23NO5S. The predicted molar refractivity (Wildman–Crippen MR) is 74.9 cm³/mol. The number of carbonyl (C=O) groups is 2. The molecule has 0 aromatic carbocycles. The quantitative estimate of drug-likeness (QED) is 0.672. The van der Waals surface area contributed by atoms with Gasteiger partial charge in [-0.05, 0) is 26.7 Å². The lowest BCUT2D eigenvalue weighted by atomic mass is 10.1. The zero-order valence-corrected chi connectivity index (χ0v) is 13.1. The van der Waals surface area contributed by atoms with Gasteiger partial charge >= 0.3 is 5.97 Å². The highest BCUT2D eigenvalue weighted by Gasteiger charge is 2.37. The number of carbonyl (C=O) groups excluding carboxylic acids is 2. The highest BCUT2D eigenvalue weighted by Crippen LogP contribution is 2.22. The van der Waals surface area contributed by atoms with E-state index in [9.17, 15) is 18.0 Å². The lowest BCUT2D eigenvalue weighted by Gasteiger charge is -2.29. The molecule has 1 rings (SSSR count). The Kier molecular flexibility index (Phi) is 5.98. The Labute approximate surface area is 120 Å². The molecule has 1 aliphatic rings. The van der Waals surface area contributed by atoms with Gasteiger partial charge in [0.15, 0.2) is 9.84 Å². The van der Waals surface area contributed by atoms with Gasteiger partial charge in [-0.15, -0.1) is 0 Å². The first-order valence-corrected chi connectivity index (χ1v) is 8.82. The van der Waals surface area contributed by atoms with E-state index in [1.807, 2.05) is 6.92 Å². The summed E-state index contributed by atoms with van der Waals surface area (Å²) in [6.45, 7) is 5.92. The lowest BCUT2D eigenvalue weighted by Crippen LogP contribution is -2.47. The molecule has 1 amide bonds. The van der Waals surface area contributed by atoms with E-state index in [0.717, 1.165) is 0 Å². The number of hydrogen-bond donors (Lipinski definition) is 0. The maximum atomic E-state index is 12.4. The van der Waals surface area contributed by atoms with Crippen molar-refractivity contribution in [3.63, 3.8) is 0 Å². The van der Waals surface area contributed by atoms with Crippen molar-refractivity contribution in [3.8, 4) is 0 Å². The van der Waals surface area contributed by atoms with Crippen LogP contribution >= 0.6 is 0 Å². The Morgan fingerprint density at radius 1 is 1.35 bits per heavy atom. The third-order valence-electron chi connectivity index (χ3n) is 3.42. The highest BCUT2D eigenvalue weighted by molar-refractivity contribution is 7.91. The van der Waals surface area contributed by atoms with Gasteiger partial charge in [0.1, 0.15) is 6.04 Å². The molecule has 1 heterocycles. The number of amides is 1. The summed E-state index contributed by atoms with van der Waals surface area (Å²) in [4.78, 5) is 25.6. The number of sulfone groups is 1. The molecule has 0 aromatic heterocycles. The van der Waals surface area contributed by atoms with E-state index < -0.39 is 27.8 Å². The van der Waals surface area contributed by atoms with Crippen LogP contribution in [0.5, 0.6) is 0 Å². The van der Waals surface area contributed by atoms with Crippen molar-refractivity contribution in [2.45, 2.75) is 39.7 Å². The molecule has 0 aliphatic carbocycles. The second-order valence-electron chi connectivity index (χ2n) is 5.06. The third-order valence-corrected chi connectivity index (χ3v) is 5.19. The predicted octanol–water partition coefficient (Wildman–Crippen LogP) is 0.611. The Hall–Kier alpha value is -1.11. The van der Waals surface area contributed by atoms with E-state index in [1.54, 1.807) is 13.8 Å². The first-order valence-electron chi connectivity index (χ1n) is 7.00. The van der Waals surface area contributed by atoms with Crippen molar-refractivity contribution in [2.24, 2.45) is 5.92 Å². The van der Waals surface area contributed by atoms with Crippen LogP contribution in [0.3, 0.4) is 0 Å². The number of hydrogen-bond acceptors (Lipinski definition) is 5. The van der Waals surface area contributed by atoms with E-state index in [1.165, 1.54) is 4.90 Å². The Morgan fingerprint density at radius 3 is 2.45 bits per heavy atom. The maximum absolute atomic E-state index is 12.4. The number of esters is 1. The fraction of sp³-hybridized carbons (Fsp3) is 0.846. The average Bonchev–Trinajstić information content (AvgIpc) is 2.75. The number of ether oxygens (including phenoxy) is 1. The standard InChI is InChI=1S/C13H23NO5S/c1-4-7-14(10(3)13(16)19-5-2)12(15)11-6-8-20(17,18)9-11/h10-11H,4-9H2,1-3H3.